The van der Waals surface area contributed by atoms with E-state index in [-0.39, 0.29) is 17.4 Å². The van der Waals surface area contributed by atoms with Gasteiger partial charge in [0, 0.05) is 16.1 Å². The number of halogens is 2. The third-order valence-corrected chi connectivity index (χ3v) is 5.61. The molecule has 0 saturated carbocycles. The molecule has 2 nitrogen and oxygen atoms in total. The van der Waals surface area contributed by atoms with E-state index in [0.29, 0.717) is 12.3 Å². The summed E-state index contributed by atoms with van der Waals surface area (Å²) in [5, 5.41) is 0. The average molecular weight is 354 g/mol. The summed E-state index contributed by atoms with van der Waals surface area (Å²) in [7, 11) is -2.87. The molecule has 5 heteroatoms. The summed E-state index contributed by atoms with van der Waals surface area (Å²) in [5.74, 6) is 1.21. The smallest absolute Gasteiger partial charge is 0.150 e. The van der Waals surface area contributed by atoms with Crippen LogP contribution < -0.4 is 0 Å². The Bertz CT molecular complexity index is 474. The lowest BCUT2D eigenvalue weighted by molar-refractivity contribution is 0.587. The Morgan fingerprint density at radius 2 is 2.11 bits per heavy atom. The minimum atomic E-state index is -2.87. The third-order valence-electron chi connectivity index (χ3n) is 2.95. The maximum Gasteiger partial charge on any atom is 0.150 e. The van der Waals surface area contributed by atoms with Crippen LogP contribution >= 0.6 is 27.5 Å². The number of sulfone groups is 1. The first-order valence-electron chi connectivity index (χ1n) is 6.00. The molecule has 1 unspecified atom stereocenters. The fraction of sp³-hybridized carbons (Fsp3) is 0.538. The van der Waals surface area contributed by atoms with Gasteiger partial charge in [0.05, 0.1) is 5.75 Å². The van der Waals surface area contributed by atoms with Crippen molar-refractivity contribution >= 4 is 37.4 Å². The highest BCUT2D eigenvalue weighted by molar-refractivity contribution is 9.10. The molecule has 0 aromatic heterocycles. The van der Waals surface area contributed by atoms with Gasteiger partial charge in [-0.2, -0.15) is 0 Å². The van der Waals surface area contributed by atoms with Crippen molar-refractivity contribution in [1.82, 2.24) is 0 Å². The second-order valence-electron chi connectivity index (χ2n) is 4.28. The van der Waals surface area contributed by atoms with E-state index in [1.54, 1.807) is 6.92 Å². The quantitative estimate of drug-likeness (QED) is 0.695. The second-order valence-corrected chi connectivity index (χ2v) is 7.98. The van der Waals surface area contributed by atoms with Gasteiger partial charge >= 0.3 is 0 Å². The summed E-state index contributed by atoms with van der Waals surface area (Å²) in [6, 6.07) is 8.02. The molecule has 102 valence electrons. The molecule has 0 aliphatic heterocycles. The molecule has 18 heavy (non-hydrogen) atoms. The van der Waals surface area contributed by atoms with Crippen LogP contribution in [0, 0.1) is 0 Å². The van der Waals surface area contributed by atoms with Crippen molar-refractivity contribution in [3.63, 3.8) is 0 Å². The Morgan fingerprint density at radius 3 is 2.67 bits per heavy atom. The van der Waals surface area contributed by atoms with Crippen LogP contribution in [0.15, 0.2) is 28.7 Å². The first-order valence-corrected chi connectivity index (χ1v) is 9.15. The molecular weight excluding hydrogens is 336 g/mol. The standard InChI is InChI=1S/C13H18BrClO2S/c1-2-18(16,17)8-4-6-12(10-15)11-5-3-7-13(14)9-11/h3,5,7,9,12H,2,4,6,8,10H2,1H3. The predicted octanol–water partition coefficient (Wildman–Crippen LogP) is 3.99. The van der Waals surface area contributed by atoms with Crippen molar-refractivity contribution in [1.29, 1.82) is 0 Å². The second kappa shape index (κ2) is 7.51. The maximum absolute atomic E-state index is 11.4. The molecule has 0 aliphatic carbocycles. The summed E-state index contributed by atoms with van der Waals surface area (Å²) in [6.45, 7) is 1.68. The van der Waals surface area contributed by atoms with Crippen LogP contribution in [0.1, 0.15) is 31.2 Å². The Morgan fingerprint density at radius 1 is 1.39 bits per heavy atom. The molecule has 0 amide bonds. The van der Waals surface area contributed by atoms with E-state index >= 15 is 0 Å². The number of hydrogen-bond acceptors (Lipinski definition) is 2. The van der Waals surface area contributed by atoms with Crippen molar-refractivity contribution in [2.75, 3.05) is 17.4 Å². The van der Waals surface area contributed by atoms with Crippen molar-refractivity contribution in [2.24, 2.45) is 0 Å². The fourth-order valence-corrected chi connectivity index (χ4v) is 3.43. The summed E-state index contributed by atoms with van der Waals surface area (Å²) < 4.78 is 23.9. The van der Waals surface area contributed by atoms with Gasteiger partial charge in [-0.05, 0) is 36.5 Å². The molecule has 0 spiro atoms. The van der Waals surface area contributed by atoms with E-state index in [1.807, 2.05) is 24.3 Å². The normalized spacial score (nSPS) is 13.5. The molecule has 1 aromatic rings. The number of benzene rings is 1. The first-order chi connectivity index (χ1) is 8.48. The number of rotatable bonds is 7. The van der Waals surface area contributed by atoms with Gasteiger partial charge in [-0.25, -0.2) is 8.42 Å². The molecule has 1 aromatic carbocycles. The van der Waals surface area contributed by atoms with Gasteiger partial charge in [0.25, 0.3) is 0 Å². The van der Waals surface area contributed by atoms with Crippen LogP contribution in [0.5, 0.6) is 0 Å². The summed E-state index contributed by atoms with van der Waals surface area (Å²) in [4.78, 5) is 0. The van der Waals surface area contributed by atoms with E-state index in [1.165, 1.54) is 0 Å². The van der Waals surface area contributed by atoms with Crippen molar-refractivity contribution < 1.29 is 8.42 Å². The van der Waals surface area contributed by atoms with Gasteiger partial charge in [-0.3, -0.25) is 0 Å². The van der Waals surface area contributed by atoms with Crippen LogP contribution in [0.4, 0.5) is 0 Å². The van der Waals surface area contributed by atoms with E-state index in [4.69, 9.17) is 11.6 Å². The molecule has 0 radical (unpaired) electrons. The van der Waals surface area contributed by atoms with Crippen LogP contribution in [-0.4, -0.2) is 25.8 Å². The highest BCUT2D eigenvalue weighted by Gasteiger charge is 2.13. The lowest BCUT2D eigenvalue weighted by atomic mass is 9.96. The largest absolute Gasteiger partial charge is 0.229 e. The SMILES string of the molecule is CCS(=O)(=O)CCCC(CCl)c1cccc(Br)c1. The lowest BCUT2D eigenvalue weighted by Gasteiger charge is -2.14. The average Bonchev–Trinajstić information content (AvgIpc) is 2.34. The molecular formula is C13H18BrClO2S. The number of alkyl halides is 1. The monoisotopic (exact) mass is 352 g/mol. The van der Waals surface area contributed by atoms with Gasteiger partial charge in [0.1, 0.15) is 9.84 Å². The van der Waals surface area contributed by atoms with Crippen LogP contribution in [0.25, 0.3) is 0 Å². The van der Waals surface area contributed by atoms with Crippen molar-refractivity contribution in [3.05, 3.63) is 34.3 Å². The molecule has 0 bridgehead atoms. The molecule has 0 saturated heterocycles. The Kier molecular flexibility index (Phi) is 6.67. The summed E-state index contributed by atoms with van der Waals surface area (Å²) >= 11 is 9.41. The maximum atomic E-state index is 11.4. The van der Waals surface area contributed by atoms with Crippen LogP contribution in [0.2, 0.25) is 0 Å². The minimum absolute atomic E-state index is 0.218. The molecule has 1 atom stereocenters. The van der Waals surface area contributed by atoms with Gasteiger partial charge in [-0.15, -0.1) is 11.6 Å². The van der Waals surface area contributed by atoms with Crippen LogP contribution in [-0.2, 0) is 9.84 Å². The Balaban J connectivity index is 2.58. The van der Waals surface area contributed by atoms with Gasteiger partial charge in [0.15, 0.2) is 0 Å². The Hall–Kier alpha value is -0.0600. The third kappa shape index (κ3) is 5.29. The summed E-state index contributed by atoms with van der Waals surface area (Å²) in [6.07, 6.45) is 1.47. The zero-order chi connectivity index (χ0) is 13.6. The zero-order valence-corrected chi connectivity index (χ0v) is 13.6. The minimum Gasteiger partial charge on any atom is -0.229 e. The zero-order valence-electron chi connectivity index (χ0n) is 10.4. The van der Waals surface area contributed by atoms with E-state index in [0.717, 1.165) is 16.5 Å². The topological polar surface area (TPSA) is 34.1 Å². The van der Waals surface area contributed by atoms with Crippen LogP contribution in [0.3, 0.4) is 0 Å². The van der Waals surface area contributed by atoms with Crippen molar-refractivity contribution in [3.8, 4) is 0 Å². The molecule has 0 fully saturated rings. The van der Waals surface area contributed by atoms with Gasteiger partial charge in [-0.1, -0.05) is 35.0 Å². The first kappa shape index (κ1) is 16.0. The van der Waals surface area contributed by atoms with E-state index < -0.39 is 9.84 Å². The van der Waals surface area contributed by atoms with Gasteiger partial charge < -0.3 is 0 Å². The number of hydrogen-bond donors (Lipinski definition) is 0. The van der Waals surface area contributed by atoms with E-state index in [2.05, 4.69) is 15.9 Å². The highest BCUT2D eigenvalue weighted by Crippen LogP contribution is 2.25. The molecule has 0 N–H and O–H groups in total. The molecule has 1 rings (SSSR count). The van der Waals surface area contributed by atoms with Gasteiger partial charge in [0.2, 0.25) is 0 Å². The predicted molar refractivity (Wildman–Crippen MR) is 81.2 cm³/mol. The van der Waals surface area contributed by atoms with Crippen molar-refractivity contribution in [2.45, 2.75) is 25.7 Å². The fourth-order valence-electron chi connectivity index (χ4n) is 1.79. The molecule has 0 heterocycles. The highest BCUT2D eigenvalue weighted by atomic mass is 79.9. The Labute approximate surface area is 123 Å². The van der Waals surface area contributed by atoms with E-state index in [9.17, 15) is 8.42 Å². The lowest BCUT2D eigenvalue weighted by Crippen LogP contribution is -2.10. The molecule has 0 aliphatic rings. The summed E-state index contributed by atoms with van der Waals surface area (Å²) in [5.41, 5.74) is 1.16.